The zero-order valence-electron chi connectivity index (χ0n) is 8.64. The van der Waals surface area contributed by atoms with Crippen LogP contribution in [0, 0.1) is 5.41 Å². The second-order valence-electron chi connectivity index (χ2n) is 3.51. The van der Waals surface area contributed by atoms with Crippen molar-refractivity contribution < 1.29 is 0 Å². The van der Waals surface area contributed by atoms with Crippen LogP contribution in [0.4, 0.5) is 0 Å². The van der Waals surface area contributed by atoms with Gasteiger partial charge in [-0.2, -0.15) is 0 Å². The maximum atomic E-state index is 3.40. The van der Waals surface area contributed by atoms with Gasteiger partial charge >= 0.3 is 0 Å². The van der Waals surface area contributed by atoms with Crippen LogP contribution in [0.3, 0.4) is 0 Å². The molecule has 0 amide bonds. The number of nitrogens with one attached hydrogen (secondary N) is 2. The Balaban J connectivity index is 2.44. The van der Waals surface area contributed by atoms with E-state index in [-0.39, 0.29) is 5.41 Å². The standard InChI is InChI=1S/C11H20N2/c1-3-12-9-11(10-13-4-2)7-5-6-8-11/h5-8,12-13H,3-4,9-10H2,1-2H3. The molecule has 0 unspecified atom stereocenters. The van der Waals surface area contributed by atoms with Crippen LogP contribution in [0.1, 0.15) is 13.8 Å². The van der Waals surface area contributed by atoms with E-state index in [1.807, 2.05) is 0 Å². The van der Waals surface area contributed by atoms with Gasteiger partial charge in [0.05, 0.1) is 0 Å². The van der Waals surface area contributed by atoms with Crippen molar-refractivity contribution in [1.82, 2.24) is 10.6 Å². The normalized spacial score (nSPS) is 18.3. The third-order valence-electron chi connectivity index (χ3n) is 2.38. The molecule has 2 heteroatoms. The van der Waals surface area contributed by atoms with Crippen molar-refractivity contribution in [1.29, 1.82) is 0 Å². The summed E-state index contributed by atoms with van der Waals surface area (Å²) in [5.74, 6) is 0. The molecule has 13 heavy (non-hydrogen) atoms. The monoisotopic (exact) mass is 180 g/mol. The van der Waals surface area contributed by atoms with Gasteiger partial charge in [-0.15, -0.1) is 0 Å². The van der Waals surface area contributed by atoms with Crippen LogP contribution < -0.4 is 10.6 Å². The van der Waals surface area contributed by atoms with Crippen molar-refractivity contribution in [3.05, 3.63) is 24.3 Å². The van der Waals surface area contributed by atoms with Crippen LogP contribution >= 0.6 is 0 Å². The highest BCUT2D eigenvalue weighted by atomic mass is 14.9. The summed E-state index contributed by atoms with van der Waals surface area (Å²) in [6, 6.07) is 0. The molecule has 0 aromatic heterocycles. The minimum absolute atomic E-state index is 0.214. The SMILES string of the molecule is CCNCC1(CNCC)C=CC=C1. The molecule has 0 bridgehead atoms. The molecule has 2 N–H and O–H groups in total. The third kappa shape index (κ3) is 2.98. The van der Waals surface area contributed by atoms with Gasteiger partial charge in [0.2, 0.25) is 0 Å². The van der Waals surface area contributed by atoms with Gasteiger partial charge in [-0.3, -0.25) is 0 Å². The van der Waals surface area contributed by atoms with Gasteiger partial charge in [0.15, 0.2) is 0 Å². The molecule has 0 fully saturated rings. The summed E-state index contributed by atoms with van der Waals surface area (Å²) < 4.78 is 0. The summed E-state index contributed by atoms with van der Waals surface area (Å²) in [7, 11) is 0. The molecule has 0 aromatic carbocycles. The first kappa shape index (κ1) is 10.5. The molecular weight excluding hydrogens is 160 g/mol. The first-order valence-electron chi connectivity index (χ1n) is 5.11. The molecule has 0 spiro atoms. The van der Waals surface area contributed by atoms with Gasteiger partial charge in [0, 0.05) is 18.5 Å². The summed E-state index contributed by atoms with van der Waals surface area (Å²) in [6.45, 7) is 8.42. The summed E-state index contributed by atoms with van der Waals surface area (Å²) >= 11 is 0. The molecule has 0 saturated heterocycles. The van der Waals surface area contributed by atoms with Gasteiger partial charge in [-0.1, -0.05) is 38.2 Å². The second kappa shape index (κ2) is 5.20. The van der Waals surface area contributed by atoms with Crippen molar-refractivity contribution >= 4 is 0 Å². The van der Waals surface area contributed by atoms with Crippen LogP contribution in [0.5, 0.6) is 0 Å². The fraction of sp³-hybridized carbons (Fsp3) is 0.636. The quantitative estimate of drug-likeness (QED) is 0.644. The van der Waals surface area contributed by atoms with Crippen molar-refractivity contribution in [2.75, 3.05) is 26.2 Å². The molecule has 1 rings (SSSR count). The summed E-state index contributed by atoms with van der Waals surface area (Å²) in [6.07, 6.45) is 8.82. The maximum absolute atomic E-state index is 3.40. The van der Waals surface area contributed by atoms with Crippen molar-refractivity contribution in [3.8, 4) is 0 Å². The van der Waals surface area contributed by atoms with E-state index in [9.17, 15) is 0 Å². The predicted molar refractivity (Wildman–Crippen MR) is 57.8 cm³/mol. The summed E-state index contributed by atoms with van der Waals surface area (Å²) in [5.41, 5.74) is 0.214. The zero-order valence-corrected chi connectivity index (χ0v) is 8.64. The van der Waals surface area contributed by atoms with Crippen LogP contribution in [-0.4, -0.2) is 26.2 Å². The van der Waals surface area contributed by atoms with Crippen LogP contribution in [0.25, 0.3) is 0 Å². The Bertz CT molecular complexity index is 172. The van der Waals surface area contributed by atoms with E-state index < -0.39 is 0 Å². The molecule has 0 aliphatic heterocycles. The number of hydrogen-bond donors (Lipinski definition) is 2. The van der Waals surface area contributed by atoms with E-state index in [1.54, 1.807) is 0 Å². The smallest absolute Gasteiger partial charge is 0.0317 e. The van der Waals surface area contributed by atoms with E-state index in [0.29, 0.717) is 0 Å². The molecular formula is C11H20N2. The highest BCUT2D eigenvalue weighted by Crippen LogP contribution is 2.24. The molecule has 2 nitrogen and oxygen atoms in total. The number of rotatable bonds is 6. The van der Waals surface area contributed by atoms with Crippen molar-refractivity contribution in [3.63, 3.8) is 0 Å². The molecule has 0 radical (unpaired) electrons. The van der Waals surface area contributed by atoms with E-state index in [1.165, 1.54) is 0 Å². The Morgan fingerprint density at radius 1 is 0.923 bits per heavy atom. The molecule has 74 valence electrons. The number of allylic oxidation sites excluding steroid dienone is 2. The Kier molecular flexibility index (Phi) is 4.19. The lowest BCUT2D eigenvalue weighted by atomic mass is 9.90. The molecule has 0 aromatic rings. The van der Waals surface area contributed by atoms with Gasteiger partial charge in [0.25, 0.3) is 0 Å². The Morgan fingerprint density at radius 3 is 1.77 bits per heavy atom. The molecule has 0 heterocycles. The molecule has 1 aliphatic carbocycles. The molecule has 0 atom stereocenters. The van der Waals surface area contributed by atoms with Gasteiger partial charge in [0.1, 0.15) is 0 Å². The van der Waals surface area contributed by atoms with E-state index >= 15 is 0 Å². The van der Waals surface area contributed by atoms with Gasteiger partial charge in [-0.05, 0) is 13.1 Å². The van der Waals surface area contributed by atoms with E-state index in [2.05, 4.69) is 48.8 Å². The lowest BCUT2D eigenvalue weighted by Crippen LogP contribution is -2.39. The molecule has 1 aliphatic rings. The van der Waals surface area contributed by atoms with Gasteiger partial charge < -0.3 is 10.6 Å². The van der Waals surface area contributed by atoms with Crippen molar-refractivity contribution in [2.45, 2.75) is 13.8 Å². The van der Waals surface area contributed by atoms with Gasteiger partial charge in [-0.25, -0.2) is 0 Å². The van der Waals surface area contributed by atoms with Crippen LogP contribution in [0.15, 0.2) is 24.3 Å². The first-order valence-corrected chi connectivity index (χ1v) is 5.11. The van der Waals surface area contributed by atoms with E-state index in [0.717, 1.165) is 26.2 Å². The van der Waals surface area contributed by atoms with Crippen LogP contribution in [-0.2, 0) is 0 Å². The number of hydrogen-bond acceptors (Lipinski definition) is 2. The Labute approximate surface area is 81.1 Å². The second-order valence-corrected chi connectivity index (χ2v) is 3.51. The topological polar surface area (TPSA) is 24.1 Å². The first-order chi connectivity index (χ1) is 6.33. The summed E-state index contributed by atoms with van der Waals surface area (Å²) in [5, 5.41) is 6.79. The average molecular weight is 180 g/mol. The summed E-state index contributed by atoms with van der Waals surface area (Å²) in [4.78, 5) is 0. The fourth-order valence-corrected chi connectivity index (χ4v) is 1.56. The average Bonchev–Trinajstić information content (AvgIpc) is 2.61. The van der Waals surface area contributed by atoms with Crippen molar-refractivity contribution in [2.24, 2.45) is 5.41 Å². The van der Waals surface area contributed by atoms with E-state index in [4.69, 9.17) is 0 Å². The minimum Gasteiger partial charge on any atom is -0.316 e. The zero-order chi connectivity index (χ0) is 9.57. The minimum atomic E-state index is 0.214. The molecule has 0 saturated carbocycles. The lowest BCUT2D eigenvalue weighted by molar-refractivity contribution is 0.426. The highest BCUT2D eigenvalue weighted by Gasteiger charge is 2.24. The van der Waals surface area contributed by atoms with Crippen LogP contribution in [0.2, 0.25) is 0 Å². The maximum Gasteiger partial charge on any atom is 0.0317 e. The Hall–Kier alpha value is -0.600. The lowest BCUT2D eigenvalue weighted by Gasteiger charge is -2.25. The predicted octanol–water partition coefficient (Wildman–Crippen LogP) is 1.32. The highest BCUT2D eigenvalue weighted by molar-refractivity contribution is 5.26. The Morgan fingerprint density at radius 2 is 1.38 bits per heavy atom. The third-order valence-corrected chi connectivity index (χ3v) is 2.38. The fourth-order valence-electron chi connectivity index (χ4n) is 1.56. The largest absolute Gasteiger partial charge is 0.316 e.